The molecule has 1 rings (SSSR count). The van der Waals surface area contributed by atoms with E-state index in [0.29, 0.717) is 6.42 Å². The van der Waals surface area contributed by atoms with Crippen molar-refractivity contribution in [2.75, 3.05) is 0 Å². The van der Waals surface area contributed by atoms with E-state index in [1.165, 1.54) is 0 Å². The molecule has 3 heteroatoms. The van der Waals surface area contributed by atoms with Gasteiger partial charge in [0.05, 0.1) is 5.97 Å². The van der Waals surface area contributed by atoms with Gasteiger partial charge in [0.25, 0.3) is 0 Å². The summed E-state index contributed by atoms with van der Waals surface area (Å²) in [7, 11) is 0. The van der Waals surface area contributed by atoms with Crippen LogP contribution in [-0.4, -0.2) is 5.97 Å². The normalized spacial score (nSPS) is 13.4. The number of carboxylic acids is 1. The Morgan fingerprint density at radius 2 is 1.78 bits per heavy atom. The first-order chi connectivity index (χ1) is 8.11. The van der Waals surface area contributed by atoms with E-state index >= 15 is 0 Å². The van der Waals surface area contributed by atoms with E-state index in [1.807, 2.05) is 30.3 Å². The second kappa shape index (κ2) is 8.40. The molecule has 0 N–H and O–H groups in total. The molecule has 0 aliphatic rings. The van der Waals surface area contributed by atoms with Gasteiger partial charge in [-0.15, -0.1) is 0 Å². The Labute approximate surface area is 122 Å². The van der Waals surface area contributed by atoms with Crippen LogP contribution in [0.4, 0.5) is 0 Å². The summed E-state index contributed by atoms with van der Waals surface area (Å²) in [5.74, 6) is -0.972. The van der Waals surface area contributed by atoms with Crippen molar-refractivity contribution in [3.63, 3.8) is 0 Å². The number of aliphatic carboxylic acids is 1. The van der Waals surface area contributed by atoms with Crippen LogP contribution in [0.2, 0.25) is 0 Å². The first-order valence-corrected chi connectivity index (χ1v) is 6.38. The zero-order valence-electron chi connectivity index (χ0n) is 11.7. The number of carboxylic acid groups (broad SMARTS) is 1. The molecule has 18 heavy (non-hydrogen) atoms. The van der Waals surface area contributed by atoms with Gasteiger partial charge in [0, 0.05) is 5.41 Å². The molecule has 0 saturated heterocycles. The summed E-state index contributed by atoms with van der Waals surface area (Å²) in [4.78, 5) is 11.4. The van der Waals surface area contributed by atoms with Gasteiger partial charge in [-0.25, -0.2) is 0 Å². The van der Waals surface area contributed by atoms with Crippen LogP contribution in [0.5, 0.6) is 0 Å². The second-order valence-corrected chi connectivity index (χ2v) is 4.80. The quantitative estimate of drug-likeness (QED) is 0.483. The van der Waals surface area contributed by atoms with Gasteiger partial charge in [0.15, 0.2) is 0 Å². The summed E-state index contributed by atoms with van der Waals surface area (Å²) >= 11 is 0. The van der Waals surface area contributed by atoms with Crippen molar-refractivity contribution in [1.29, 1.82) is 0 Å². The topological polar surface area (TPSA) is 40.1 Å². The van der Waals surface area contributed by atoms with Crippen LogP contribution < -0.4 is 24.0 Å². The van der Waals surface area contributed by atoms with Gasteiger partial charge in [-0.05, 0) is 12.0 Å². The van der Waals surface area contributed by atoms with Gasteiger partial charge < -0.3 is 9.90 Å². The van der Waals surface area contributed by atoms with Crippen LogP contribution in [0.15, 0.2) is 30.3 Å². The number of hydrogen-bond acceptors (Lipinski definition) is 2. The Hall–Kier alpha value is -0.713. The van der Waals surface area contributed by atoms with Gasteiger partial charge in [0.2, 0.25) is 0 Å². The Morgan fingerprint density at radius 1 is 1.17 bits per heavy atom. The average molecular weight is 240 g/mol. The van der Waals surface area contributed by atoms with Gasteiger partial charge in [-0.3, -0.25) is 0 Å². The van der Waals surface area contributed by atoms with Crippen molar-refractivity contribution in [2.45, 2.75) is 51.4 Å². The van der Waals surface area contributed by atoms with Crippen molar-refractivity contribution < 1.29 is 28.8 Å². The Kier molecular flexibility index (Phi) is 8.07. The summed E-state index contributed by atoms with van der Waals surface area (Å²) in [6, 6.07) is 9.40. The molecule has 0 bridgehead atoms. The fourth-order valence-electron chi connectivity index (χ4n) is 2.08. The maximum Gasteiger partial charge on any atom is 1.00 e. The average Bonchev–Trinajstić information content (AvgIpc) is 2.35. The maximum atomic E-state index is 11.4. The van der Waals surface area contributed by atoms with Crippen LogP contribution in [0.1, 0.15) is 51.5 Å². The zero-order valence-corrected chi connectivity index (χ0v) is 11.7. The van der Waals surface area contributed by atoms with Crippen molar-refractivity contribution in [1.82, 2.24) is 0 Å². The van der Waals surface area contributed by atoms with E-state index in [9.17, 15) is 9.90 Å². The monoisotopic (exact) mass is 240 g/mol. The van der Waals surface area contributed by atoms with E-state index < -0.39 is 11.4 Å². The Balaban J connectivity index is 0.00000289. The van der Waals surface area contributed by atoms with Gasteiger partial charge in [-0.2, -0.15) is 0 Å². The fraction of sp³-hybridized carbons (Fsp3) is 0.533. The molecule has 0 aliphatic heterocycles. The van der Waals surface area contributed by atoms with E-state index in [4.69, 9.17) is 0 Å². The van der Waals surface area contributed by atoms with Crippen LogP contribution in [0.25, 0.3) is 0 Å². The van der Waals surface area contributed by atoms with Crippen molar-refractivity contribution in [3.05, 3.63) is 35.9 Å². The first kappa shape index (κ1) is 17.3. The fourth-order valence-corrected chi connectivity index (χ4v) is 2.08. The number of unbranched alkanes of at least 4 members (excludes halogenated alkanes) is 3. The predicted molar refractivity (Wildman–Crippen MR) is 67.6 cm³/mol. The SMILES string of the molecule is CCCCCCC(C)(C(=O)[O-])c1ccccc1.[Li+]. The molecule has 0 aromatic heterocycles. The van der Waals surface area contributed by atoms with E-state index in [-0.39, 0.29) is 18.9 Å². The molecule has 0 aliphatic carbocycles. The third-order valence-corrected chi connectivity index (χ3v) is 3.39. The van der Waals surface area contributed by atoms with E-state index in [1.54, 1.807) is 6.92 Å². The van der Waals surface area contributed by atoms with Crippen molar-refractivity contribution >= 4 is 5.97 Å². The number of carbonyl (C=O) groups excluding carboxylic acids is 1. The van der Waals surface area contributed by atoms with Crippen LogP contribution >= 0.6 is 0 Å². The van der Waals surface area contributed by atoms with Gasteiger partial charge in [-0.1, -0.05) is 69.9 Å². The van der Waals surface area contributed by atoms with Crippen LogP contribution in [0.3, 0.4) is 0 Å². The molecule has 0 amide bonds. The van der Waals surface area contributed by atoms with E-state index in [0.717, 1.165) is 31.2 Å². The molecule has 1 atom stereocenters. The van der Waals surface area contributed by atoms with Crippen LogP contribution in [-0.2, 0) is 10.2 Å². The van der Waals surface area contributed by atoms with Crippen molar-refractivity contribution in [3.8, 4) is 0 Å². The van der Waals surface area contributed by atoms with Crippen molar-refractivity contribution in [2.24, 2.45) is 0 Å². The molecular weight excluding hydrogens is 219 g/mol. The standard InChI is InChI=1S/C15H22O2.Li/c1-3-4-5-9-12-15(2,14(16)17)13-10-7-6-8-11-13;/h6-8,10-11H,3-5,9,12H2,1-2H3,(H,16,17);/q;+1/p-1. The third kappa shape index (κ3) is 4.52. The van der Waals surface area contributed by atoms with E-state index in [2.05, 4.69) is 6.92 Å². The zero-order chi connectivity index (χ0) is 12.7. The Morgan fingerprint density at radius 3 is 2.28 bits per heavy atom. The third-order valence-electron chi connectivity index (χ3n) is 3.39. The number of rotatable bonds is 7. The molecule has 1 aromatic carbocycles. The molecule has 0 spiro atoms. The predicted octanol–water partition coefficient (Wildman–Crippen LogP) is -0.331. The smallest absolute Gasteiger partial charge is 0.549 e. The molecule has 0 saturated carbocycles. The molecule has 94 valence electrons. The molecule has 1 unspecified atom stereocenters. The minimum absolute atomic E-state index is 0. The molecule has 0 fully saturated rings. The van der Waals surface area contributed by atoms with Gasteiger partial charge in [0.1, 0.15) is 0 Å². The minimum atomic E-state index is -0.972. The van der Waals surface area contributed by atoms with Crippen LogP contribution in [0, 0.1) is 0 Å². The molecule has 0 heterocycles. The minimum Gasteiger partial charge on any atom is -0.549 e. The molecule has 0 radical (unpaired) electrons. The van der Waals surface area contributed by atoms with Gasteiger partial charge >= 0.3 is 18.9 Å². The summed E-state index contributed by atoms with van der Waals surface area (Å²) in [5, 5.41) is 11.4. The number of hydrogen-bond donors (Lipinski definition) is 0. The summed E-state index contributed by atoms with van der Waals surface area (Å²) < 4.78 is 0. The Bertz CT molecular complexity index is 351. The molecule has 1 aromatic rings. The molecule has 2 nitrogen and oxygen atoms in total. The number of benzene rings is 1. The first-order valence-electron chi connectivity index (χ1n) is 6.38. The summed E-state index contributed by atoms with van der Waals surface area (Å²) in [6.45, 7) is 3.92. The largest absolute Gasteiger partial charge is 1.00 e. The number of carbonyl (C=O) groups is 1. The molecular formula is C15H21LiO2. The summed E-state index contributed by atoms with van der Waals surface area (Å²) in [5.41, 5.74) is -0.00820. The second-order valence-electron chi connectivity index (χ2n) is 4.80. The maximum absolute atomic E-state index is 11.4. The summed E-state index contributed by atoms with van der Waals surface area (Å²) in [6.07, 6.45) is 5.00.